The third-order valence-electron chi connectivity index (χ3n) is 11.7. The van der Waals surface area contributed by atoms with Crippen LogP contribution in [0.15, 0.2) is 170 Å². The number of unbranched alkanes of at least 4 members (excludes halogenated alkanes) is 3. The Hall–Kier alpha value is -6.80. The van der Waals surface area contributed by atoms with Crippen molar-refractivity contribution in [3.05, 3.63) is 239 Å². The zero-order valence-electron chi connectivity index (χ0n) is 40.3. The van der Waals surface area contributed by atoms with Crippen LogP contribution < -0.4 is 0 Å². The van der Waals surface area contributed by atoms with Gasteiger partial charge in [-0.3, -0.25) is 0 Å². The van der Waals surface area contributed by atoms with Crippen LogP contribution >= 0.6 is 0 Å². The lowest BCUT2D eigenvalue weighted by Crippen LogP contribution is -1.88. The van der Waals surface area contributed by atoms with Gasteiger partial charge in [-0.1, -0.05) is 175 Å². The second-order valence-corrected chi connectivity index (χ2v) is 17.0. The molecule has 0 aromatic heterocycles. The highest BCUT2D eigenvalue weighted by Crippen LogP contribution is 2.26. The topological polar surface area (TPSA) is 0 Å². The molecule has 0 radical (unpaired) electrons. The van der Waals surface area contributed by atoms with Gasteiger partial charge in [0.1, 0.15) is 0 Å². The molecule has 0 spiro atoms. The van der Waals surface area contributed by atoms with Crippen molar-refractivity contribution < 1.29 is 35.1 Å². The van der Waals surface area contributed by atoms with Gasteiger partial charge in [-0.15, -0.1) is 0 Å². The molecule has 0 N–H and O–H groups in total. The second kappa shape index (κ2) is 28.0. The highest BCUT2D eigenvalue weighted by atomic mass is 19.2. The Morgan fingerprint density at radius 2 is 0.486 bits per heavy atom. The normalized spacial score (nSPS) is 10.6. The van der Waals surface area contributed by atoms with Gasteiger partial charge in [-0.25, -0.2) is 35.1 Å². The fraction of sp³-hybridized carbons (Fsp3) is 0.226. The van der Waals surface area contributed by atoms with Gasteiger partial charge in [0.15, 0.2) is 46.5 Å². The largest absolute Gasteiger partial charge is 0.204 e. The zero-order valence-corrected chi connectivity index (χ0v) is 40.3. The van der Waals surface area contributed by atoms with Gasteiger partial charge in [0.25, 0.3) is 0 Å². The van der Waals surface area contributed by atoms with E-state index in [4.69, 9.17) is 0 Å². The molecular formula is C62H60F8. The van der Waals surface area contributed by atoms with Crippen molar-refractivity contribution >= 4 is 0 Å². The average molecular weight is 957 g/mol. The van der Waals surface area contributed by atoms with E-state index in [9.17, 15) is 35.1 Å². The highest BCUT2D eigenvalue weighted by Gasteiger charge is 2.08. The minimum Gasteiger partial charge on any atom is -0.204 e. The minimum atomic E-state index is -0.811. The van der Waals surface area contributed by atoms with Gasteiger partial charge in [0.2, 0.25) is 0 Å². The van der Waals surface area contributed by atoms with Crippen molar-refractivity contribution in [1.29, 1.82) is 0 Å². The Labute approximate surface area is 408 Å². The summed E-state index contributed by atoms with van der Waals surface area (Å²) in [6.45, 7) is 8.55. The summed E-state index contributed by atoms with van der Waals surface area (Å²) in [7, 11) is 0. The Kier molecular flexibility index (Phi) is 21.7. The Morgan fingerprint density at radius 3 is 0.743 bits per heavy atom. The maximum atomic E-state index is 13.2. The molecule has 8 aromatic carbocycles. The van der Waals surface area contributed by atoms with E-state index in [1.807, 2.05) is 84.9 Å². The molecule has 8 rings (SSSR count). The van der Waals surface area contributed by atoms with E-state index in [-0.39, 0.29) is 0 Å². The molecule has 8 aromatic rings. The molecular weight excluding hydrogens is 897 g/mol. The van der Waals surface area contributed by atoms with Crippen LogP contribution in [0.4, 0.5) is 35.1 Å². The van der Waals surface area contributed by atoms with Crippen LogP contribution in [0, 0.1) is 46.5 Å². The molecule has 70 heavy (non-hydrogen) atoms. The van der Waals surface area contributed by atoms with Crippen LogP contribution in [-0.4, -0.2) is 0 Å². The summed E-state index contributed by atoms with van der Waals surface area (Å²) >= 11 is 0. The van der Waals surface area contributed by atoms with E-state index in [1.165, 1.54) is 84.7 Å². The number of benzene rings is 8. The van der Waals surface area contributed by atoms with Crippen molar-refractivity contribution in [1.82, 2.24) is 0 Å². The van der Waals surface area contributed by atoms with Crippen molar-refractivity contribution in [2.24, 2.45) is 0 Å². The number of hydrogen-bond donors (Lipinski definition) is 0. The maximum absolute atomic E-state index is 13.2. The van der Waals surface area contributed by atoms with Gasteiger partial charge in [-0.2, -0.15) is 0 Å². The first-order valence-corrected chi connectivity index (χ1v) is 24.0. The zero-order chi connectivity index (χ0) is 50.4. The van der Waals surface area contributed by atoms with Gasteiger partial charge in [0.05, 0.1) is 0 Å². The predicted molar refractivity (Wildman–Crippen MR) is 272 cm³/mol. The number of hydrogen-bond acceptors (Lipinski definition) is 0. The van der Waals surface area contributed by atoms with Crippen molar-refractivity contribution in [3.63, 3.8) is 0 Å². The molecule has 364 valence electrons. The van der Waals surface area contributed by atoms with E-state index in [0.717, 1.165) is 72.6 Å². The van der Waals surface area contributed by atoms with Gasteiger partial charge >= 0.3 is 0 Å². The predicted octanol–water partition coefficient (Wildman–Crippen LogP) is 19.1. The SMILES string of the molecule is CCCCCc1ccc(-c2ccc(F)c(F)c2)cc1.CCCCc1ccc(-c2ccc(F)c(F)c2)cc1.CCCc1ccc(-c2ccc(F)c(F)c2)cc1.CCc1ccc(-c2ccc(F)c(F)c2)cc1. The van der Waals surface area contributed by atoms with E-state index in [0.29, 0.717) is 22.3 Å². The number of rotatable bonds is 14. The molecule has 0 unspecified atom stereocenters. The van der Waals surface area contributed by atoms with Gasteiger partial charge in [-0.05, 0) is 154 Å². The molecule has 0 heterocycles. The first kappa shape index (κ1) is 54.1. The summed E-state index contributed by atoms with van der Waals surface area (Å²) in [4.78, 5) is 0. The minimum absolute atomic E-state index is 0.696. The molecule has 0 saturated heterocycles. The summed E-state index contributed by atoms with van der Waals surface area (Å²) in [5, 5.41) is 0. The van der Waals surface area contributed by atoms with E-state index < -0.39 is 46.5 Å². The Balaban J connectivity index is 0.000000174. The lowest BCUT2D eigenvalue weighted by Gasteiger charge is -2.05. The third-order valence-corrected chi connectivity index (χ3v) is 11.7. The molecule has 0 nitrogen and oxygen atoms in total. The van der Waals surface area contributed by atoms with Crippen LogP contribution in [0.5, 0.6) is 0 Å². The van der Waals surface area contributed by atoms with E-state index in [1.54, 1.807) is 24.3 Å². The third kappa shape index (κ3) is 16.7. The number of aryl methyl sites for hydroxylation is 4. The summed E-state index contributed by atoms with van der Waals surface area (Å²) in [6, 6.07) is 47.8. The highest BCUT2D eigenvalue weighted by molar-refractivity contribution is 5.66. The summed E-state index contributed by atoms with van der Waals surface area (Å²) in [5.74, 6) is -6.45. The van der Waals surface area contributed by atoms with E-state index >= 15 is 0 Å². The van der Waals surface area contributed by atoms with Crippen molar-refractivity contribution in [3.8, 4) is 44.5 Å². The lowest BCUT2D eigenvalue weighted by atomic mass is 10.0. The summed E-state index contributed by atoms with van der Waals surface area (Å²) < 4.78 is 104. The maximum Gasteiger partial charge on any atom is 0.159 e. The average Bonchev–Trinajstić information content (AvgIpc) is 3.38. The van der Waals surface area contributed by atoms with Gasteiger partial charge in [0, 0.05) is 0 Å². The molecule has 0 atom stereocenters. The first-order chi connectivity index (χ1) is 33.8. The first-order valence-electron chi connectivity index (χ1n) is 24.0. The monoisotopic (exact) mass is 956 g/mol. The van der Waals surface area contributed by atoms with Crippen LogP contribution in [0.2, 0.25) is 0 Å². The summed E-state index contributed by atoms with van der Waals surface area (Å²) in [6.07, 6.45) is 11.2. The fourth-order valence-electron chi connectivity index (χ4n) is 7.48. The van der Waals surface area contributed by atoms with Crippen LogP contribution in [0.3, 0.4) is 0 Å². The van der Waals surface area contributed by atoms with Gasteiger partial charge < -0.3 is 0 Å². The molecule has 8 heteroatoms. The summed E-state index contributed by atoms with van der Waals surface area (Å²) in [5.41, 5.74) is 11.5. The molecule has 0 saturated carbocycles. The van der Waals surface area contributed by atoms with Crippen LogP contribution in [-0.2, 0) is 25.7 Å². The van der Waals surface area contributed by atoms with Crippen molar-refractivity contribution in [2.75, 3.05) is 0 Å². The molecule has 0 bridgehead atoms. The van der Waals surface area contributed by atoms with E-state index in [2.05, 4.69) is 39.8 Å². The van der Waals surface area contributed by atoms with Crippen LogP contribution in [0.1, 0.15) is 88.5 Å². The molecule has 0 aliphatic carbocycles. The smallest absolute Gasteiger partial charge is 0.159 e. The molecule has 0 amide bonds. The Bertz CT molecular complexity index is 2820. The molecule has 0 aliphatic heterocycles. The van der Waals surface area contributed by atoms with Crippen LogP contribution in [0.25, 0.3) is 44.5 Å². The number of halogens is 8. The quantitative estimate of drug-likeness (QED) is 0.0753. The molecule has 0 aliphatic rings. The molecule has 0 fully saturated rings. The lowest BCUT2D eigenvalue weighted by molar-refractivity contribution is 0.509. The Morgan fingerprint density at radius 1 is 0.229 bits per heavy atom. The fourth-order valence-corrected chi connectivity index (χ4v) is 7.48. The van der Waals surface area contributed by atoms with Crippen molar-refractivity contribution in [2.45, 2.75) is 91.9 Å². The standard InChI is InChI=1S/C17H18F2.C16H16F2.C15H14F2.C14H12F2/c1-2-3-4-5-13-6-8-14(9-7-13)15-10-11-16(18)17(19)12-15;1-2-3-4-12-5-7-13(8-6-12)14-9-10-15(17)16(18)11-14;1-2-3-11-4-6-12(7-5-11)13-8-9-14(16)15(17)10-13;1-2-10-3-5-11(6-4-10)12-7-8-13(15)14(16)9-12/h6-12H,2-5H2,1H3;5-11H,2-4H2,1H3;4-10H,2-3H2,1H3;3-9H,2H2,1H3. The second-order valence-electron chi connectivity index (χ2n) is 17.0.